The van der Waals surface area contributed by atoms with Crippen LogP contribution in [0.1, 0.15) is 67.4 Å². The van der Waals surface area contributed by atoms with E-state index in [4.69, 9.17) is 11.6 Å². The van der Waals surface area contributed by atoms with Crippen molar-refractivity contribution < 1.29 is 14.0 Å². The Balaban J connectivity index is 1.35. The fourth-order valence-electron chi connectivity index (χ4n) is 6.47. The van der Waals surface area contributed by atoms with Gasteiger partial charge in [0.25, 0.3) is 5.91 Å². The van der Waals surface area contributed by atoms with Gasteiger partial charge < -0.3 is 16.0 Å². The lowest BCUT2D eigenvalue weighted by molar-refractivity contribution is -0.128. The Labute approximate surface area is 228 Å². The van der Waals surface area contributed by atoms with Crippen molar-refractivity contribution in [3.8, 4) is 5.69 Å². The van der Waals surface area contributed by atoms with Gasteiger partial charge in [-0.25, -0.2) is 9.07 Å². The number of amides is 2. The van der Waals surface area contributed by atoms with Crippen LogP contribution in [0.25, 0.3) is 5.69 Å². The van der Waals surface area contributed by atoms with E-state index in [0.717, 1.165) is 64.5 Å². The molecule has 2 saturated heterocycles. The molecule has 2 aliphatic heterocycles. The fraction of sp³-hybridized carbons (Fsp3) is 0.607. The number of hydrogen-bond acceptors (Lipinski definition) is 5. The largest absolute Gasteiger partial charge is 0.355 e. The van der Waals surface area contributed by atoms with Crippen LogP contribution in [0.3, 0.4) is 0 Å². The minimum absolute atomic E-state index is 0.0166. The Bertz CT molecular complexity index is 1160. The molecule has 0 radical (unpaired) electrons. The van der Waals surface area contributed by atoms with E-state index in [1.54, 1.807) is 19.1 Å². The van der Waals surface area contributed by atoms with Crippen molar-refractivity contribution in [1.29, 1.82) is 0 Å². The Kier molecular flexibility index (Phi) is 8.65. The van der Waals surface area contributed by atoms with E-state index in [1.165, 1.54) is 16.9 Å². The molecule has 5 rings (SSSR count). The molecule has 38 heavy (non-hydrogen) atoms. The number of carbonyl (C=O) groups is 2. The first-order valence-electron chi connectivity index (χ1n) is 14.0. The molecule has 2 bridgehead atoms. The molecule has 0 spiro atoms. The molecule has 1 aliphatic carbocycles. The molecule has 3 aliphatic rings. The van der Waals surface area contributed by atoms with Crippen LogP contribution in [0.15, 0.2) is 24.4 Å². The zero-order valence-electron chi connectivity index (χ0n) is 22.0. The number of aromatic nitrogens is 2. The van der Waals surface area contributed by atoms with Gasteiger partial charge in [-0.3, -0.25) is 14.5 Å². The van der Waals surface area contributed by atoms with E-state index in [-0.39, 0.29) is 34.6 Å². The minimum Gasteiger partial charge on any atom is -0.355 e. The molecule has 1 aromatic heterocycles. The molecule has 2 aromatic rings. The van der Waals surface area contributed by atoms with Gasteiger partial charge in [0.05, 0.1) is 22.5 Å². The summed E-state index contributed by atoms with van der Waals surface area (Å²) in [6, 6.07) is 5.00. The van der Waals surface area contributed by atoms with Crippen LogP contribution in [-0.2, 0) is 4.79 Å². The van der Waals surface area contributed by atoms with Crippen LogP contribution in [0.2, 0.25) is 5.02 Å². The van der Waals surface area contributed by atoms with E-state index >= 15 is 0 Å². The number of hydrogen-bond donors (Lipinski definition) is 3. The predicted octanol–water partition coefficient (Wildman–Crippen LogP) is 3.59. The average Bonchev–Trinajstić information content (AvgIpc) is 3.32. The lowest BCUT2D eigenvalue weighted by Gasteiger charge is -2.45. The first kappa shape index (κ1) is 27.1. The van der Waals surface area contributed by atoms with Crippen molar-refractivity contribution in [2.75, 3.05) is 26.2 Å². The van der Waals surface area contributed by atoms with Gasteiger partial charge in [-0.2, -0.15) is 5.10 Å². The summed E-state index contributed by atoms with van der Waals surface area (Å²) in [7, 11) is 0. The molecule has 3 heterocycles. The molecule has 10 heteroatoms. The topological polar surface area (TPSA) is 91.3 Å². The zero-order chi connectivity index (χ0) is 26.6. The lowest BCUT2D eigenvalue weighted by Crippen LogP contribution is -2.61. The van der Waals surface area contributed by atoms with Crippen molar-refractivity contribution in [1.82, 2.24) is 30.6 Å². The van der Waals surface area contributed by atoms with Gasteiger partial charge >= 0.3 is 0 Å². The second-order valence-corrected chi connectivity index (χ2v) is 11.3. The maximum Gasteiger partial charge on any atom is 0.254 e. The van der Waals surface area contributed by atoms with Crippen molar-refractivity contribution in [3.63, 3.8) is 0 Å². The first-order chi connectivity index (χ1) is 18.4. The van der Waals surface area contributed by atoms with Crippen LogP contribution in [0.5, 0.6) is 0 Å². The van der Waals surface area contributed by atoms with E-state index < -0.39 is 5.82 Å². The zero-order valence-corrected chi connectivity index (χ0v) is 22.8. The Morgan fingerprint density at radius 1 is 1.16 bits per heavy atom. The number of halogens is 2. The SMILES string of the molecule is Cc1c(C(=O)N[C@H]2CCCCCNC(=O)[C@H]3CNCCN3C3CCCC2C3)cnn1-c1cccc(Cl)c1F. The molecule has 2 amide bonds. The van der Waals surface area contributed by atoms with Gasteiger partial charge in [-0.1, -0.05) is 36.9 Å². The monoisotopic (exact) mass is 544 g/mol. The van der Waals surface area contributed by atoms with Gasteiger partial charge in [-0.05, 0) is 57.1 Å². The van der Waals surface area contributed by atoms with Crippen molar-refractivity contribution in [2.24, 2.45) is 5.92 Å². The van der Waals surface area contributed by atoms with Gasteiger partial charge in [0.1, 0.15) is 11.7 Å². The minimum atomic E-state index is -0.560. The first-order valence-corrected chi connectivity index (χ1v) is 14.4. The summed E-state index contributed by atoms with van der Waals surface area (Å²) in [6.45, 7) is 4.90. The number of benzene rings is 1. The predicted molar refractivity (Wildman–Crippen MR) is 145 cm³/mol. The highest BCUT2D eigenvalue weighted by Gasteiger charge is 2.38. The van der Waals surface area contributed by atoms with E-state index in [0.29, 0.717) is 36.3 Å². The molecule has 3 fully saturated rings. The molecule has 3 N–H and O–H groups in total. The van der Waals surface area contributed by atoms with Crippen LogP contribution in [0.4, 0.5) is 4.39 Å². The summed E-state index contributed by atoms with van der Waals surface area (Å²) in [6.07, 6.45) is 9.54. The third-order valence-corrected chi connectivity index (χ3v) is 8.83. The van der Waals surface area contributed by atoms with Crippen molar-refractivity contribution >= 4 is 23.4 Å². The Morgan fingerprint density at radius 2 is 2.03 bits per heavy atom. The molecule has 1 aromatic carbocycles. The fourth-order valence-corrected chi connectivity index (χ4v) is 6.64. The third kappa shape index (κ3) is 5.75. The van der Waals surface area contributed by atoms with E-state index in [1.807, 2.05) is 0 Å². The van der Waals surface area contributed by atoms with Crippen molar-refractivity contribution in [3.05, 3.63) is 46.5 Å². The molecule has 1 saturated carbocycles. The smallest absolute Gasteiger partial charge is 0.254 e. The maximum atomic E-state index is 14.7. The summed E-state index contributed by atoms with van der Waals surface area (Å²) in [5.41, 5.74) is 1.24. The molecule has 4 atom stereocenters. The molecular weight excluding hydrogens is 507 g/mol. The van der Waals surface area contributed by atoms with Gasteiger partial charge in [0.2, 0.25) is 5.91 Å². The summed E-state index contributed by atoms with van der Waals surface area (Å²) in [4.78, 5) is 28.9. The van der Waals surface area contributed by atoms with Gasteiger partial charge in [0.15, 0.2) is 5.82 Å². The van der Waals surface area contributed by atoms with E-state index in [9.17, 15) is 14.0 Å². The summed E-state index contributed by atoms with van der Waals surface area (Å²) < 4.78 is 16.1. The number of nitrogens with zero attached hydrogens (tertiary/aromatic N) is 3. The Morgan fingerprint density at radius 3 is 2.89 bits per heavy atom. The molecular formula is C28H38ClFN6O2. The highest BCUT2D eigenvalue weighted by atomic mass is 35.5. The highest BCUT2D eigenvalue weighted by molar-refractivity contribution is 6.30. The number of fused-ring (bicyclic) bond motifs is 4. The van der Waals surface area contributed by atoms with Crippen LogP contribution < -0.4 is 16.0 Å². The Hall–Kier alpha value is -2.49. The van der Waals surface area contributed by atoms with E-state index in [2.05, 4.69) is 25.9 Å². The normalized spacial score (nSPS) is 27.3. The second kappa shape index (κ2) is 12.1. The summed E-state index contributed by atoms with van der Waals surface area (Å²) in [5.74, 6) is -0.260. The second-order valence-electron chi connectivity index (χ2n) is 10.9. The van der Waals surface area contributed by atoms with Gasteiger partial charge in [0, 0.05) is 38.3 Å². The number of carbonyl (C=O) groups excluding carboxylic acids is 2. The number of rotatable bonds is 3. The van der Waals surface area contributed by atoms with Crippen LogP contribution >= 0.6 is 11.6 Å². The number of nitrogens with one attached hydrogen (secondary N) is 3. The van der Waals surface area contributed by atoms with Crippen molar-refractivity contribution in [2.45, 2.75) is 76.4 Å². The highest BCUT2D eigenvalue weighted by Crippen LogP contribution is 2.33. The quantitative estimate of drug-likeness (QED) is 0.549. The molecule has 206 valence electrons. The van der Waals surface area contributed by atoms with Crippen LogP contribution in [0, 0.1) is 18.7 Å². The third-order valence-electron chi connectivity index (χ3n) is 8.53. The summed E-state index contributed by atoms with van der Waals surface area (Å²) >= 11 is 5.98. The number of piperazine rings is 1. The lowest BCUT2D eigenvalue weighted by atomic mass is 9.78. The molecule has 8 nitrogen and oxygen atoms in total. The van der Waals surface area contributed by atoms with Crippen LogP contribution in [-0.4, -0.2) is 70.8 Å². The average molecular weight is 545 g/mol. The standard InChI is InChI=1S/C28H38ClFN6O2/c1-18-21(16-33-36(18)24-11-6-9-22(29)26(24)30)27(37)34-23-10-3-2-4-12-32-28(38)25-17-31-13-14-35(25)20-8-5-7-19(23)15-20/h6,9,11,16,19-20,23,25,31H,2-5,7-8,10,12-15,17H2,1H3,(H,32,38)(H,34,37)/t19?,20?,23-,25+/m0/s1. The van der Waals surface area contributed by atoms with Gasteiger partial charge in [-0.15, -0.1) is 0 Å². The maximum absolute atomic E-state index is 14.7. The molecule has 2 unspecified atom stereocenters. The summed E-state index contributed by atoms with van der Waals surface area (Å²) in [5, 5.41) is 14.2.